The first-order chi connectivity index (χ1) is 26.8. The molecule has 3 aromatic rings. The van der Waals surface area contributed by atoms with Gasteiger partial charge in [-0.2, -0.15) is 0 Å². The molecule has 1 saturated carbocycles. The average Bonchev–Trinajstić information content (AvgIpc) is 3.83. The molecule has 11 rings (SSSR count). The van der Waals surface area contributed by atoms with Gasteiger partial charge >= 0.3 is 17.9 Å². The maximum atomic E-state index is 13.5. The lowest BCUT2D eigenvalue weighted by atomic mass is 9.47. The Hall–Kier alpha value is -4.45. The number of carbonyl (C=O) groups excluding carboxylic acids is 3. The molecule has 2 aliphatic carbocycles. The molecule has 1 aromatic heterocycles. The topological polar surface area (TPSA) is 125 Å². The summed E-state index contributed by atoms with van der Waals surface area (Å²) in [4.78, 5) is 49.5. The molecule has 4 bridgehead atoms. The van der Waals surface area contributed by atoms with Crippen LogP contribution in [-0.2, 0) is 45.8 Å². The predicted molar refractivity (Wildman–Crippen MR) is 212 cm³/mol. The summed E-state index contributed by atoms with van der Waals surface area (Å²) < 4.78 is 16.5. The summed E-state index contributed by atoms with van der Waals surface area (Å²) in [5, 5.41) is 13.7. The maximum Gasteiger partial charge on any atom is 0.344 e. The fraction of sp³-hybridized carbons (Fsp3) is 0.533. The van der Waals surface area contributed by atoms with Crippen LogP contribution in [0.5, 0.6) is 0 Å². The second-order valence-corrected chi connectivity index (χ2v) is 17.4. The Morgan fingerprint density at radius 2 is 1.77 bits per heavy atom. The van der Waals surface area contributed by atoms with Gasteiger partial charge in [0, 0.05) is 72.8 Å². The van der Waals surface area contributed by atoms with Crippen molar-refractivity contribution in [3.8, 4) is 0 Å². The number of rotatable bonds is 4. The van der Waals surface area contributed by atoms with E-state index in [0.29, 0.717) is 12.3 Å². The number of anilines is 1. The van der Waals surface area contributed by atoms with Gasteiger partial charge in [0.1, 0.15) is 5.41 Å². The number of aromatic amines is 1. The Labute approximate surface area is 328 Å². The van der Waals surface area contributed by atoms with Gasteiger partial charge in [0.15, 0.2) is 6.10 Å². The zero-order valence-corrected chi connectivity index (χ0v) is 33.6. The number of benzene rings is 2. The fourth-order valence-electron chi connectivity index (χ4n) is 13.3. The number of H-pyrrole nitrogens is 1. The van der Waals surface area contributed by atoms with Gasteiger partial charge in [0.25, 0.3) is 0 Å². The predicted octanol–water partition coefficient (Wildman–Crippen LogP) is 4.73. The Balaban J connectivity index is 0.000000152. The quantitative estimate of drug-likeness (QED) is 0.219. The van der Waals surface area contributed by atoms with Gasteiger partial charge < -0.3 is 29.2 Å². The number of hydrogen-bond donors (Lipinski definition) is 2. The van der Waals surface area contributed by atoms with Crippen LogP contribution >= 0.6 is 0 Å². The molecule has 296 valence electrons. The van der Waals surface area contributed by atoms with Crippen LogP contribution in [0.3, 0.4) is 0 Å². The lowest BCUT2D eigenvalue weighted by molar-refractivity contribution is -0.228. The third kappa shape index (κ3) is 4.59. The summed E-state index contributed by atoms with van der Waals surface area (Å²) in [5.74, 6) is -0.945. The van der Waals surface area contributed by atoms with E-state index < -0.39 is 45.9 Å². The smallest absolute Gasteiger partial charge is 0.344 e. The largest absolute Gasteiger partial charge is 0.468 e. The minimum atomic E-state index is -2.04. The molecule has 2 aromatic carbocycles. The normalized spacial score (nSPS) is 36.9. The number of methoxy groups -OCH3 is 2. The number of esters is 3. The number of para-hydroxylation sites is 1. The molecule has 0 amide bonds. The molecule has 4 unspecified atom stereocenters. The summed E-state index contributed by atoms with van der Waals surface area (Å²) in [6, 6.07) is 14.3. The van der Waals surface area contributed by atoms with Crippen molar-refractivity contribution in [1.29, 1.82) is 0 Å². The molecule has 56 heavy (non-hydrogen) atoms. The van der Waals surface area contributed by atoms with Crippen molar-refractivity contribution in [1.82, 2.24) is 14.8 Å². The summed E-state index contributed by atoms with van der Waals surface area (Å²) >= 11 is 0. The van der Waals surface area contributed by atoms with Crippen molar-refractivity contribution in [2.45, 2.75) is 94.0 Å². The molecule has 11 heteroatoms. The standard InChI is InChI=1S/C25H32N2O5.C20H22N2O2/c1-6-23-10-7-12-27-13-11-24(19(23)27)17-9-8-15(2)14-18(17)26(4)20(24)25(30,22(29)31-5)21(23)32-16(3)28;1-12-9-13-10-20(19(23)24-2)17-15(7-8-22(11-13)18(12)20)14-5-3-4-6-16(14)21-17/h7-10,14,19-21,30H,6,11-13H2,1-5H3;3-6,9,13,18,21H,7-8,10-11H2,1-2H3/t19-,20+,21+,23+,24+,25-;/m0./s1. The first kappa shape index (κ1) is 37.1. The van der Waals surface area contributed by atoms with Gasteiger partial charge in [-0.3, -0.25) is 19.4 Å². The van der Waals surface area contributed by atoms with Crippen LogP contribution in [0, 0.1) is 18.3 Å². The number of nitrogens with zero attached hydrogens (tertiary/aromatic N) is 3. The summed E-state index contributed by atoms with van der Waals surface area (Å²) in [6.07, 6.45) is 8.72. The fourth-order valence-corrected chi connectivity index (χ4v) is 13.3. The Morgan fingerprint density at radius 3 is 2.48 bits per heavy atom. The van der Waals surface area contributed by atoms with Crippen molar-refractivity contribution in [2.24, 2.45) is 11.3 Å². The van der Waals surface area contributed by atoms with Gasteiger partial charge in [-0.15, -0.1) is 0 Å². The van der Waals surface area contributed by atoms with Crippen molar-refractivity contribution < 1.29 is 33.7 Å². The molecular weight excluding hydrogens is 709 g/mol. The van der Waals surface area contributed by atoms with Gasteiger partial charge in [-0.25, -0.2) is 4.79 Å². The summed E-state index contributed by atoms with van der Waals surface area (Å²) in [5.41, 5.74) is 4.26. The van der Waals surface area contributed by atoms with Crippen molar-refractivity contribution in [3.05, 3.63) is 88.7 Å². The van der Waals surface area contributed by atoms with E-state index in [9.17, 15) is 19.5 Å². The molecule has 2 N–H and O–H groups in total. The zero-order valence-electron chi connectivity index (χ0n) is 33.6. The third-order valence-corrected chi connectivity index (χ3v) is 14.8. The first-order valence-corrected chi connectivity index (χ1v) is 20.2. The van der Waals surface area contributed by atoms with E-state index in [0.717, 1.165) is 73.5 Å². The highest BCUT2D eigenvalue weighted by Gasteiger charge is 2.80. The molecule has 3 fully saturated rings. The molecule has 7 heterocycles. The van der Waals surface area contributed by atoms with Crippen molar-refractivity contribution in [2.75, 3.05) is 52.3 Å². The molecule has 11 nitrogen and oxygen atoms in total. The molecule has 10 atom stereocenters. The molecule has 8 aliphatic rings. The van der Waals surface area contributed by atoms with Crippen LogP contribution in [-0.4, -0.2) is 115 Å². The number of ether oxygens (including phenoxy) is 3. The van der Waals surface area contributed by atoms with E-state index >= 15 is 0 Å². The van der Waals surface area contributed by atoms with Crippen LogP contribution in [0.2, 0.25) is 0 Å². The number of piperidine rings is 1. The third-order valence-electron chi connectivity index (χ3n) is 14.8. The lowest BCUT2D eigenvalue weighted by Gasteiger charge is -2.63. The highest BCUT2D eigenvalue weighted by atomic mass is 16.6. The van der Waals surface area contributed by atoms with E-state index in [4.69, 9.17) is 14.2 Å². The minimum absolute atomic E-state index is 0.0179. The first-order valence-electron chi connectivity index (χ1n) is 20.2. The van der Waals surface area contributed by atoms with Crippen LogP contribution in [0.25, 0.3) is 10.9 Å². The Kier molecular flexibility index (Phi) is 8.48. The number of fused-ring (bicyclic) bond motifs is 4. The molecule has 2 saturated heterocycles. The van der Waals surface area contributed by atoms with Crippen LogP contribution in [0.15, 0.2) is 66.3 Å². The molecule has 1 spiro atoms. The van der Waals surface area contributed by atoms with Crippen molar-refractivity contribution >= 4 is 34.5 Å². The van der Waals surface area contributed by atoms with Gasteiger partial charge in [-0.1, -0.05) is 61.1 Å². The summed E-state index contributed by atoms with van der Waals surface area (Å²) in [7, 11) is 4.74. The van der Waals surface area contributed by atoms with Gasteiger partial charge in [-0.05, 0) is 80.8 Å². The number of nitrogens with one attached hydrogen (secondary N) is 1. The zero-order chi connectivity index (χ0) is 39.5. The van der Waals surface area contributed by atoms with Crippen LogP contribution < -0.4 is 4.90 Å². The summed E-state index contributed by atoms with van der Waals surface area (Å²) in [6.45, 7) is 11.3. The highest BCUT2D eigenvalue weighted by Crippen LogP contribution is 2.67. The maximum absolute atomic E-state index is 13.5. The van der Waals surface area contributed by atoms with Crippen LogP contribution in [0.4, 0.5) is 5.69 Å². The Bertz CT molecular complexity index is 2210. The SMILES string of the molecule is CC[C@]12C=CCN3CC[C@@]4(c5ccc(C)cc5N(C)[C@H]4[C@@](O)(C(=O)OC)[C@@H]1OC(C)=O)[C@@H]32.COC(=O)C12CC3C=C(C)C1N(CCc1c2[nH]c2ccccc12)C3. The number of hydrogen-bond acceptors (Lipinski definition) is 10. The average molecular weight is 763 g/mol. The van der Waals surface area contributed by atoms with Gasteiger partial charge in [0.05, 0.1) is 26.3 Å². The van der Waals surface area contributed by atoms with Gasteiger partial charge in [0.2, 0.25) is 5.60 Å². The minimum Gasteiger partial charge on any atom is -0.468 e. The second kappa shape index (κ2) is 12.8. The number of aliphatic hydroxyl groups is 1. The molecule has 6 aliphatic heterocycles. The second-order valence-electron chi connectivity index (χ2n) is 17.4. The van der Waals surface area contributed by atoms with Crippen molar-refractivity contribution in [3.63, 3.8) is 0 Å². The Morgan fingerprint density at radius 1 is 1.00 bits per heavy atom. The molecule has 0 radical (unpaired) electrons. The van der Waals surface area contributed by atoms with E-state index in [1.54, 1.807) is 0 Å². The number of aryl methyl sites for hydroxylation is 1. The van der Waals surface area contributed by atoms with E-state index in [1.807, 2.05) is 31.9 Å². The van der Waals surface area contributed by atoms with E-state index in [-0.39, 0.29) is 18.1 Å². The van der Waals surface area contributed by atoms with E-state index in [2.05, 4.69) is 76.3 Å². The number of carbonyl (C=O) groups is 3. The molecular formula is C45H54N4O7. The monoisotopic (exact) mass is 762 g/mol. The number of likely N-dealkylation sites (N-methyl/N-ethyl adjacent to an activating group) is 1. The van der Waals surface area contributed by atoms with Crippen LogP contribution in [0.1, 0.15) is 62.4 Å². The highest BCUT2D eigenvalue weighted by molar-refractivity contribution is 5.92. The lowest BCUT2D eigenvalue weighted by Crippen LogP contribution is -2.81. The number of aromatic nitrogens is 1. The van der Waals surface area contributed by atoms with E-state index in [1.165, 1.54) is 37.7 Å².